The number of carbonyl (C=O) groups excluding carboxylic acids is 2. The Balaban J connectivity index is 5.42. The minimum absolute atomic E-state index is 0.0108. The fourth-order valence-corrected chi connectivity index (χ4v) is 1.79. The van der Waals surface area contributed by atoms with Crippen molar-refractivity contribution in [2.45, 2.75) is 53.6 Å². The summed E-state index contributed by atoms with van der Waals surface area (Å²) in [4.78, 5) is 32.3. The zero-order chi connectivity index (χ0) is 17.4. The second-order valence-corrected chi connectivity index (χ2v) is 5.85. The van der Waals surface area contributed by atoms with Gasteiger partial charge in [0.2, 0.25) is 0 Å². The molecule has 2 unspecified atom stereocenters. The van der Waals surface area contributed by atoms with Gasteiger partial charge < -0.3 is 9.47 Å². The van der Waals surface area contributed by atoms with E-state index in [0.29, 0.717) is 11.4 Å². The van der Waals surface area contributed by atoms with Gasteiger partial charge in [0.1, 0.15) is 12.1 Å². The first kappa shape index (κ1) is 20.3. The Kier molecular flexibility index (Phi) is 8.60. The Hall–Kier alpha value is -1.72. The van der Waals surface area contributed by atoms with Crippen molar-refractivity contribution >= 4 is 23.4 Å². The van der Waals surface area contributed by atoms with Gasteiger partial charge in [0.15, 0.2) is 0 Å². The SMILES string of the molecule is COC(=O)C(N=C(C)C(C)=NC(C(=O)OC)C(C)C)C(C)C. The summed E-state index contributed by atoms with van der Waals surface area (Å²) in [5.41, 5.74) is 1.22. The summed E-state index contributed by atoms with van der Waals surface area (Å²) >= 11 is 0. The Bertz CT molecular complexity index is 411. The molecule has 6 nitrogen and oxygen atoms in total. The molecule has 0 spiro atoms. The Labute approximate surface area is 133 Å². The number of hydrogen-bond donors (Lipinski definition) is 0. The van der Waals surface area contributed by atoms with Crippen LogP contribution in [-0.2, 0) is 19.1 Å². The summed E-state index contributed by atoms with van der Waals surface area (Å²) in [5.74, 6) is -0.737. The van der Waals surface area contributed by atoms with Crippen molar-refractivity contribution in [1.82, 2.24) is 0 Å². The number of nitrogens with zero attached hydrogens (tertiary/aromatic N) is 2. The molecule has 0 aromatic heterocycles. The minimum atomic E-state index is -0.578. The highest BCUT2D eigenvalue weighted by molar-refractivity contribution is 6.41. The summed E-state index contributed by atoms with van der Waals surface area (Å²) < 4.78 is 9.54. The third-order valence-corrected chi connectivity index (χ3v) is 3.34. The van der Waals surface area contributed by atoms with Crippen LogP contribution < -0.4 is 0 Å². The topological polar surface area (TPSA) is 77.3 Å². The number of rotatable bonds is 7. The molecule has 126 valence electrons. The maximum Gasteiger partial charge on any atom is 0.330 e. The maximum absolute atomic E-state index is 11.8. The average Bonchev–Trinajstić information content (AvgIpc) is 2.47. The number of esters is 2. The first-order valence-electron chi connectivity index (χ1n) is 7.40. The maximum atomic E-state index is 11.8. The van der Waals surface area contributed by atoms with Crippen LogP contribution in [0.1, 0.15) is 41.5 Å². The van der Waals surface area contributed by atoms with Crippen molar-refractivity contribution in [3.8, 4) is 0 Å². The van der Waals surface area contributed by atoms with Crippen molar-refractivity contribution in [2.75, 3.05) is 14.2 Å². The van der Waals surface area contributed by atoms with Crippen LogP contribution in [0.3, 0.4) is 0 Å². The molecule has 0 saturated carbocycles. The summed E-state index contributed by atoms with van der Waals surface area (Å²) in [6.45, 7) is 11.1. The molecule has 0 aromatic carbocycles. The van der Waals surface area contributed by atoms with E-state index in [1.165, 1.54) is 14.2 Å². The van der Waals surface area contributed by atoms with E-state index in [2.05, 4.69) is 9.98 Å². The molecule has 22 heavy (non-hydrogen) atoms. The predicted octanol–water partition coefficient (Wildman–Crippen LogP) is 2.30. The Morgan fingerprint density at radius 1 is 0.727 bits per heavy atom. The van der Waals surface area contributed by atoms with Crippen molar-refractivity contribution in [2.24, 2.45) is 21.8 Å². The number of ether oxygens (including phenoxy) is 2. The predicted molar refractivity (Wildman–Crippen MR) is 87.5 cm³/mol. The second kappa shape index (κ2) is 9.33. The molecule has 0 saturated heterocycles. The normalized spacial score (nSPS) is 15.7. The molecule has 0 aliphatic heterocycles. The van der Waals surface area contributed by atoms with Crippen LogP contribution in [-0.4, -0.2) is 49.7 Å². The van der Waals surface area contributed by atoms with Gasteiger partial charge in [-0.25, -0.2) is 9.59 Å². The molecule has 0 N–H and O–H groups in total. The monoisotopic (exact) mass is 312 g/mol. The Morgan fingerprint density at radius 3 is 1.18 bits per heavy atom. The van der Waals surface area contributed by atoms with Gasteiger partial charge in [0, 0.05) is 0 Å². The van der Waals surface area contributed by atoms with Crippen LogP contribution in [0, 0.1) is 11.8 Å². The van der Waals surface area contributed by atoms with Crippen molar-refractivity contribution in [1.29, 1.82) is 0 Å². The van der Waals surface area contributed by atoms with E-state index in [9.17, 15) is 9.59 Å². The fraction of sp³-hybridized carbons (Fsp3) is 0.750. The average molecular weight is 312 g/mol. The zero-order valence-corrected chi connectivity index (χ0v) is 14.8. The lowest BCUT2D eigenvalue weighted by Gasteiger charge is -2.17. The second-order valence-electron chi connectivity index (χ2n) is 5.85. The molecular formula is C16H28N2O4. The number of hydrogen-bond acceptors (Lipinski definition) is 6. The van der Waals surface area contributed by atoms with Gasteiger partial charge in [-0.05, 0) is 25.7 Å². The molecule has 0 radical (unpaired) electrons. The van der Waals surface area contributed by atoms with Gasteiger partial charge >= 0.3 is 11.9 Å². The van der Waals surface area contributed by atoms with Crippen LogP contribution in [0.15, 0.2) is 9.98 Å². The van der Waals surface area contributed by atoms with E-state index in [1.54, 1.807) is 13.8 Å². The lowest BCUT2D eigenvalue weighted by atomic mass is 10.0. The van der Waals surface area contributed by atoms with Crippen LogP contribution in [0.4, 0.5) is 0 Å². The Morgan fingerprint density at radius 2 is 1.00 bits per heavy atom. The number of methoxy groups -OCH3 is 2. The van der Waals surface area contributed by atoms with Crippen LogP contribution in [0.25, 0.3) is 0 Å². The first-order chi connectivity index (χ1) is 10.1. The third kappa shape index (κ3) is 5.95. The summed E-state index contributed by atoms with van der Waals surface area (Å²) in [5, 5.41) is 0. The molecule has 0 amide bonds. The highest BCUT2D eigenvalue weighted by Crippen LogP contribution is 2.12. The van der Waals surface area contributed by atoms with E-state index in [0.717, 1.165) is 0 Å². The lowest BCUT2D eigenvalue weighted by Crippen LogP contribution is -2.30. The molecule has 0 aromatic rings. The van der Waals surface area contributed by atoms with Crippen molar-refractivity contribution < 1.29 is 19.1 Å². The number of carbonyl (C=O) groups is 2. The van der Waals surface area contributed by atoms with Crippen molar-refractivity contribution in [3.05, 3.63) is 0 Å². The smallest absolute Gasteiger partial charge is 0.330 e. The summed E-state index contributed by atoms with van der Waals surface area (Å²) in [6.07, 6.45) is 0. The lowest BCUT2D eigenvalue weighted by molar-refractivity contribution is -0.144. The van der Waals surface area contributed by atoms with E-state index >= 15 is 0 Å². The van der Waals surface area contributed by atoms with Gasteiger partial charge in [-0.3, -0.25) is 9.98 Å². The van der Waals surface area contributed by atoms with Gasteiger partial charge in [-0.2, -0.15) is 0 Å². The molecule has 0 aliphatic rings. The highest BCUT2D eigenvalue weighted by atomic mass is 16.5. The minimum Gasteiger partial charge on any atom is -0.467 e. The first-order valence-corrected chi connectivity index (χ1v) is 7.40. The van der Waals surface area contributed by atoms with Gasteiger partial charge in [0.05, 0.1) is 25.6 Å². The molecule has 6 heteroatoms. The standard InChI is InChI=1S/C16H28N2O4/c1-9(2)13(15(19)21-7)17-11(5)12(6)18-14(10(3)4)16(20)22-8/h9-10,13-14H,1-8H3. The zero-order valence-electron chi connectivity index (χ0n) is 14.8. The largest absolute Gasteiger partial charge is 0.467 e. The fourth-order valence-electron chi connectivity index (χ4n) is 1.79. The number of aliphatic imine (C=N–C) groups is 2. The van der Waals surface area contributed by atoms with Crippen LogP contribution in [0.2, 0.25) is 0 Å². The molecule has 0 heterocycles. The van der Waals surface area contributed by atoms with E-state index in [4.69, 9.17) is 9.47 Å². The molecule has 2 atom stereocenters. The van der Waals surface area contributed by atoms with Crippen LogP contribution >= 0.6 is 0 Å². The van der Waals surface area contributed by atoms with Crippen molar-refractivity contribution in [3.63, 3.8) is 0 Å². The van der Waals surface area contributed by atoms with Gasteiger partial charge in [-0.15, -0.1) is 0 Å². The quantitative estimate of drug-likeness (QED) is 0.534. The van der Waals surface area contributed by atoms with E-state index in [1.807, 2.05) is 27.7 Å². The molecule has 0 bridgehead atoms. The molecule has 0 aliphatic carbocycles. The van der Waals surface area contributed by atoms with E-state index in [-0.39, 0.29) is 23.8 Å². The molecule has 0 fully saturated rings. The van der Waals surface area contributed by atoms with Gasteiger partial charge in [-0.1, -0.05) is 27.7 Å². The van der Waals surface area contributed by atoms with Gasteiger partial charge in [0.25, 0.3) is 0 Å². The summed E-state index contributed by atoms with van der Waals surface area (Å²) in [6, 6.07) is -1.16. The molecule has 0 rings (SSSR count). The molecular weight excluding hydrogens is 284 g/mol. The van der Waals surface area contributed by atoms with Crippen LogP contribution in [0.5, 0.6) is 0 Å². The third-order valence-electron chi connectivity index (χ3n) is 3.34. The van der Waals surface area contributed by atoms with E-state index < -0.39 is 12.1 Å². The summed E-state index contributed by atoms with van der Waals surface area (Å²) in [7, 11) is 2.69. The highest BCUT2D eigenvalue weighted by Gasteiger charge is 2.24.